The molecule has 14 heavy (non-hydrogen) atoms. The molecule has 0 unspecified atom stereocenters. The molecule has 0 aliphatic rings. The van der Waals surface area contributed by atoms with E-state index in [2.05, 4.69) is 0 Å². The minimum atomic E-state index is -2.58. The Kier molecular flexibility index (Phi) is 3.83. The van der Waals surface area contributed by atoms with Crippen LogP contribution in [0.4, 0.5) is 8.78 Å². The van der Waals surface area contributed by atoms with Gasteiger partial charge in [-0.15, -0.1) is 0 Å². The van der Waals surface area contributed by atoms with E-state index in [-0.39, 0.29) is 21.9 Å². The molecule has 76 valence electrons. The van der Waals surface area contributed by atoms with Gasteiger partial charge in [0.05, 0.1) is 5.02 Å². The van der Waals surface area contributed by atoms with Crippen molar-refractivity contribution in [2.45, 2.75) is 13.3 Å². The quantitative estimate of drug-likeness (QED) is 0.590. The first-order chi connectivity index (χ1) is 6.43. The van der Waals surface area contributed by atoms with Gasteiger partial charge in [0.25, 0.3) is 6.43 Å². The van der Waals surface area contributed by atoms with Gasteiger partial charge in [-0.05, 0) is 41.6 Å². The van der Waals surface area contributed by atoms with Crippen LogP contribution >= 0.6 is 34.2 Å². The summed E-state index contributed by atoms with van der Waals surface area (Å²) in [5.41, 5.74) is -0.0298. The van der Waals surface area contributed by atoms with Crippen molar-refractivity contribution in [3.05, 3.63) is 31.9 Å². The van der Waals surface area contributed by atoms with E-state index in [1.165, 1.54) is 13.0 Å². The number of ketones is 1. The maximum Gasteiger partial charge on any atom is 0.263 e. The topological polar surface area (TPSA) is 17.1 Å². The molecule has 0 aliphatic heterocycles. The van der Waals surface area contributed by atoms with Gasteiger partial charge < -0.3 is 0 Å². The molecule has 0 bridgehead atoms. The summed E-state index contributed by atoms with van der Waals surface area (Å²) >= 11 is 7.62. The lowest BCUT2D eigenvalue weighted by Gasteiger charge is -2.06. The van der Waals surface area contributed by atoms with E-state index in [0.29, 0.717) is 3.57 Å². The van der Waals surface area contributed by atoms with E-state index in [1.807, 2.05) is 22.6 Å². The Hall–Kier alpha value is -0.230. The number of carbonyl (C=O) groups is 1. The average molecular weight is 330 g/mol. The fraction of sp³-hybridized carbons (Fsp3) is 0.222. The van der Waals surface area contributed by atoms with Crippen molar-refractivity contribution in [3.63, 3.8) is 0 Å². The Morgan fingerprint density at radius 1 is 1.50 bits per heavy atom. The largest absolute Gasteiger partial charge is 0.294 e. The van der Waals surface area contributed by atoms with Gasteiger partial charge in [0.1, 0.15) is 0 Å². The molecule has 0 N–H and O–H groups in total. The summed E-state index contributed by atoms with van der Waals surface area (Å²) in [5.74, 6) is -0.310. The molecule has 1 rings (SSSR count). The third kappa shape index (κ3) is 2.42. The van der Waals surface area contributed by atoms with Crippen LogP contribution in [0.25, 0.3) is 0 Å². The number of hydrogen-bond acceptors (Lipinski definition) is 1. The molecular weight excluding hydrogens is 324 g/mol. The highest BCUT2D eigenvalue weighted by atomic mass is 127. The minimum absolute atomic E-state index is 0.147. The number of carbonyl (C=O) groups excluding carboxylic acids is 1. The Morgan fingerprint density at radius 3 is 2.50 bits per heavy atom. The lowest BCUT2D eigenvalue weighted by molar-refractivity contribution is 0.101. The smallest absolute Gasteiger partial charge is 0.263 e. The fourth-order valence-electron chi connectivity index (χ4n) is 0.992. The predicted molar refractivity (Wildman–Crippen MR) is 59.1 cm³/mol. The third-order valence-corrected chi connectivity index (χ3v) is 3.26. The highest BCUT2D eigenvalue weighted by molar-refractivity contribution is 14.1. The van der Waals surface area contributed by atoms with Crippen LogP contribution in [0, 0.1) is 3.57 Å². The highest BCUT2D eigenvalue weighted by Gasteiger charge is 2.15. The normalized spacial score (nSPS) is 10.7. The second-order valence-corrected chi connectivity index (χ2v) is 4.26. The molecule has 0 fully saturated rings. The number of benzene rings is 1. The number of rotatable bonds is 2. The summed E-state index contributed by atoms with van der Waals surface area (Å²) in [5, 5.41) is 0.238. The average Bonchev–Trinajstić information content (AvgIpc) is 2.08. The van der Waals surface area contributed by atoms with Crippen molar-refractivity contribution in [2.24, 2.45) is 0 Å². The van der Waals surface area contributed by atoms with Crippen LogP contribution in [0.2, 0.25) is 5.02 Å². The van der Waals surface area contributed by atoms with Crippen LogP contribution in [0.1, 0.15) is 29.3 Å². The third-order valence-electron chi connectivity index (χ3n) is 1.68. The fourth-order valence-corrected chi connectivity index (χ4v) is 1.88. The Morgan fingerprint density at radius 2 is 2.07 bits per heavy atom. The zero-order valence-corrected chi connectivity index (χ0v) is 10.1. The van der Waals surface area contributed by atoms with Gasteiger partial charge in [0.2, 0.25) is 0 Å². The first kappa shape index (κ1) is 11.8. The van der Waals surface area contributed by atoms with E-state index in [1.54, 1.807) is 0 Å². The van der Waals surface area contributed by atoms with Crippen molar-refractivity contribution < 1.29 is 13.6 Å². The Labute approximate surface area is 98.6 Å². The van der Waals surface area contributed by atoms with Gasteiger partial charge in [0, 0.05) is 14.7 Å². The summed E-state index contributed by atoms with van der Waals surface area (Å²) in [6, 6.07) is 2.41. The Bertz CT molecular complexity index is 379. The summed E-state index contributed by atoms with van der Waals surface area (Å²) in [6.07, 6.45) is -2.58. The zero-order valence-electron chi connectivity index (χ0n) is 7.15. The lowest BCUT2D eigenvalue weighted by atomic mass is 10.1. The van der Waals surface area contributed by atoms with E-state index < -0.39 is 6.43 Å². The van der Waals surface area contributed by atoms with E-state index in [0.717, 1.165) is 6.07 Å². The van der Waals surface area contributed by atoms with Crippen LogP contribution in [0.5, 0.6) is 0 Å². The molecule has 0 atom stereocenters. The van der Waals surface area contributed by atoms with Crippen molar-refractivity contribution >= 4 is 40.0 Å². The summed E-state index contributed by atoms with van der Waals surface area (Å²) < 4.78 is 25.2. The van der Waals surface area contributed by atoms with Crippen molar-refractivity contribution in [1.29, 1.82) is 0 Å². The maximum absolute atomic E-state index is 12.4. The highest BCUT2D eigenvalue weighted by Crippen LogP contribution is 2.29. The molecule has 0 radical (unpaired) electrons. The second kappa shape index (κ2) is 4.53. The molecule has 5 heteroatoms. The first-order valence-corrected chi connectivity index (χ1v) is 5.17. The standard InChI is InChI=1S/C9H6ClF2IO/c1-4(14)6-2-5(9(11)12)3-7(13)8(6)10/h2-3,9H,1H3. The van der Waals surface area contributed by atoms with E-state index in [4.69, 9.17) is 11.6 Å². The summed E-state index contributed by atoms with van der Waals surface area (Å²) in [6.45, 7) is 1.30. The van der Waals surface area contributed by atoms with E-state index in [9.17, 15) is 13.6 Å². The van der Waals surface area contributed by atoms with Crippen LogP contribution < -0.4 is 0 Å². The van der Waals surface area contributed by atoms with E-state index >= 15 is 0 Å². The number of hydrogen-bond donors (Lipinski definition) is 0. The van der Waals surface area contributed by atoms with Crippen LogP contribution in [0.15, 0.2) is 12.1 Å². The first-order valence-electron chi connectivity index (χ1n) is 3.71. The molecule has 0 aromatic heterocycles. The molecular formula is C9H6ClF2IO. The second-order valence-electron chi connectivity index (χ2n) is 2.72. The van der Waals surface area contributed by atoms with Gasteiger partial charge in [0.15, 0.2) is 5.78 Å². The predicted octanol–water partition coefficient (Wildman–Crippen LogP) is 4.08. The van der Waals surface area contributed by atoms with Gasteiger partial charge in [-0.25, -0.2) is 8.78 Å². The number of Topliss-reactive ketones (excluding diaryl/α,β-unsaturated/α-hetero) is 1. The lowest BCUT2D eigenvalue weighted by Crippen LogP contribution is -1.98. The molecule has 0 saturated carbocycles. The monoisotopic (exact) mass is 330 g/mol. The minimum Gasteiger partial charge on any atom is -0.294 e. The molecule has 0 saturated heterocycles. The maximum atomic E-state index is 12.4. The van der Waals surface area contributed by atoms with Gasteiger partial charge in [-0.3, -0.25) is 4.79 Å². The molecule has 0 spiro atoms. The molecule has 1 nitrogen and oxygen atoms in total. The molecule has 0 heterocycles. The molecule has 1 aromatic rings. The summed E-state index contributed by atoms with van der Waals surface area (Å²) in [4.78, 5) is 11.1. The van der Waals surface area contributed by atoms with Gasteiger partial charge >= 0.3 is 0 Å². The zero-order chi connectivity index (χ0) is 10.9. The molecule has 0 aliphatic carbocycles. The van der Waals surface area contributed by atoms with Gasteiger partial charge in [-0.2, -0.15) is 0 Å². The summed E-state index contributed by atoms with van der Waals surface area (Å²) in [7, 11) is 0. The van der Waals surface area contributed by atoms with Crippen molar-refractivity contribution in [2.75, 3.05) is 0 Å². The molecule has 0 amide bonds. The van der Waals surface area contributed by atoms with Gasteiger partial charge in [-0.1, -0.05) is 11.6 Å². The SMILES string of the molecule is CC(=O)c1cc(C(F)F)cc(I)c1Cl. The van der Waals surface area contributed by atoms with Crippen LogP contribution in [-0.4, -0.2) is 5.78 Å². The van der Waals surface area contributed by atoms with Crippen molar-refractivity contribution in [1.82, 2.24) is 0 Å². The Balaban J connectivity index is 3.35. The van der Waals surface area contributed by atoms with Crippen molar-refractivity contribution in [3.8, 4) is 0 Å². The number of halogens is 4. The number of alkyl halides is 2. The van der Waals surface area contributed by atoms with Crippen LogP contribution in [0.3, 0.4) is 0 Å². The molecule has 1 aromatic carbocycles. The van der Waals surface area contributed by atoms with Crippen LogP contribution in [-0.2, 0) is 0 Å².